The fourth-order valence-electron chi connectivity index (χ4n) is 3.80. The molecule has 0 amide bonds. The van der Waals surface area contributed by atoms with Crippen molar-refractivity contribution in [2.75, 3.05) is 6.54 Å². The first-order valence-electron chi connectivity index (χ1n) is 8.45. The third kappa shape index (κ3) is 4.91. The smallest absolute Gasteiger partial charge is 0.00462 e. The van der Waals surface area contributed by atoms with Crippen LogP contribution in [0.15, 0.2) is 0 Å². The summed E-state index contributed by atoms with van der Waals surface area (Å²) in [5.41, 5.74) is 6.00. The normalized spacial score (nSPS) is 30.3. The molecule has 1 aliphatic rings. The molecule has 1 heteroatoms. The van der Waals surface area contributed by atoms with Gasteiger partial charge in [0.15, 0.2) is 0 Å². The fraction of sp³-hybridized carbons (Fsp3) is 1.00. The van der Waals surface area contributed by atoms with Crippen LogP contribution in [0.3, 0.4) is 0 Å². The molecule has 0 saturated heterocycles. The van der Waals surface area contributed by atoms with Gasteiger partial charge in [-0.15, -0.1) is 0 Å². The van der Waals surface area contributed by atoms with Gasteiger partial charge in [0.05, 0.1) is 0 Å². The highest BCUT2D eigenvalue weighted by Gasteiger charge is 2.30. The van der Waals surface area contributed by atoms with Gasteiger partial charge >= 0.3 is 0 Å². The molecule has 0 radical (unpaired) electrons. The van der Waals surface area contributed by atoms with Gasteiger partial charge in [0.25, 0.3) is 0 Å². The number of nitrogens with two attached hydrogens (primary N) is 1. The maximum absolute atomic E-state index is 6.00. The van der Waals surface area contributed by atoms with E-state index in [4.69, 9.17) is 5.73 Å². The Morgan fingerprint density at radius 1 is 1.11 bits per heavy atom. The SMILES string of the molecule is CCCCC(CC)CC1CC(CC)CCC1CN. The summed E-state index contributed by atoms with van der Waals surface area (Å²) >= 11 is 0. The summed E-state index contributed by atoms with van der Waals surface area (Å²) in [6.45, 7) is 7.96. The van der Waals surface area contributed by atoms with Crippen LogP contribution in [0.2, 0.25) is 0 Å². The summed E-state index contributed by atoms with van der Waals surface area (Å²) in [6.07, 6.45) is 12.7. The average molecular weight is 253 g/mol. The zero-order valence-electron chi connectivity index (χ0n) is 13.0. The molecule has 108 valence electrons. The Morgan fingerprint density at radius 3 is 2.44 bits per heavy atom. The molecule has 0 heterocycles. The molecule has 1 aliphatic carbocycles. The van der Waals surface area contributed by atoms with Crippen molar-refractivity contribution in [1.29, 1.82) is 0 Å². The maximum atomic E-state index is 6.00. The summed E-state index contributed by atoms with van der Waals surface area (Å²) in [6, 6.07) is 0. The Kier molecular flexibility index (Phi) is 7.97. The number of rotatable bonds is 8. The van der Waals surface area contributed by atoms with E-state index in [1.165, 1.54) is 57.8 Å². The molecule has 1 saturated carbocycles. The second-order valence-electron chi connectivity index (χ2n) is 6.50. The van der Waals surface area contributed by atoms with Crippen LogP contribution in [0.5, 0.6) is 0 Å². The van der Waals surface area contributed by atoms with Gasteiger partial charge in [-0.1, -0.05) is 59.3 Å². The highest BCUT2D eigenvalue weighted by molar-refractivity contribution is 4.82. The van der Waals surface area contributed by atoms with Crippen molar-refractivity contribution in [3.8, 4) is 0 Å². The molecule has 0 aromatic carbocycles. The molecular weight excluding hydrogens is 218 g/mol. The summed E-state index contributed by atoms with van der Waals surface area (Å²) in [4.78, 5) is 0. The van der Waals surface area contributed by atoms with Crippen molar-refractivity contribution in [2.24, 2.45) is 29.4 Å². The van der Waals surface area contributed by atoms with Crippen molar-refractivity contribution in [3.63, 3.8) is 0 Å². The van der Waals surface area contributed by atoms with E-state index in [0.717, 1.165) is 30.2 Å². The summed E-state index contributed by atoms with van der Waals surface area (Å²) < 4.78 is 0. The second-order valence-corrected chi connectivity index (χ2v) is 6.50. The second kappa shape index (κ2) is 8.96. The van der Waals surface area contributed by atoms with E-state index in [1.54, 1.807) is 0 Å². The Labute approximate surface area is 115 Å². The first-order valence-corrected chi connectivity index (χ1v) is 8.45. The van der Waals surface area contributed by atoms with Crippen LogP contribution in [0.4, 0.5) is 0 Å². The molecule has 0 aliphatic heterocycles. The molecule has 0 aromatic heterocycles. The third-order valence-electron chi connectivity index (χ3n) is 5.31. The van der Waals surface area contributed by atoms with E-state index in [9.17, 15) is 0 Å². The molecule has 4 unspecified atom stereocenters. The van der Waals surface area contributed by atoms with E-state index in [-0.39, 0.29) is 0 Å². The van der Waals surface area contributed by atoms with E-state index < -0.39 is 0 Å². The standard InChI is InChI=1S/C17H35N/c1-4-7-8-14(5-2)11-17-12-15(6-3)9-10-16(17)13-18/h14-17H,4-13,18H2,1-3H3. The first kappa shape index (κ1) is 16.0. The minimum Gasteiger partial charge on any atom is -0.330 e. The van der Waals surface area contributed by atoms with E-state index in [1.807, 2.05) is 0 Å². The quantitative estimate of drug-likeness (QED) is 0.647. The molecule has 1 fully saturated rings. The highest BCUT2D eigenvalue weighted by Crippen LogP contribution is 2.39. The van der Waals surface area contributed by atoms with Gasteiger partial charge in [0, 0.05) is 0 Å². The molecule has 1 nitrogen and oxygen atoms in total. The Morgan fingerprint density at radius 2 is 1.89 bits per heavy atom. The van der Waals surface area contributed by atoms with Gasteiger partial charge < -0.3 is 5.73 Å². The molecule has 2 N–H and O–H groups in total. The van der Waals surface area contributed by atoms with Crippen molar-refractivity contribution < 1.29 is 0 Å². The van der Waals surface area contributed by atoms with Gasteiger partial charge in [-0.05, 0) is 49.5 Å². The maximum Gasteiger partial charge on any atom is -0.00462 e. The van der Waals surface area contributed by atoms with Crippen LogP contribution in [-0.2, 0) is 0 Å². The molecule has 0 aromatic rings. The van der Waals surface area contributed by atoms with Crippen LogP contribution in [0, 0.1) is 23.7 Å². The van der Waals surface area contributed by atoms with Crippen LogP contribution >= 0.6 is 0 Å². The molecule has 1 rings (SSSR count). The van der Waals surface area contributed by atoms with Crippen molar-refractivity contribution in [3.05, 3.63) is 0 Å². The van der Waals surface area contributed by atoms with Crippen molar-refractivity contribution in [1.82, 2.24) is 0 Å². The van der Waals surface area contributed by atoms with Crippen molar-refractivity contribution in [2.45, 2.75) is 78.6 Å². The van der Waals surface area contributed by atoms with Gasteiger partial charge in [0.1, 0.15) is 0 Å². The molecule has 0 spiro atoms. The Hall–Kier alpha value is -0.0400. The first-order chi connectivity index (χ1) is 8.74. The number of hydrogen-bond donors (Lipinski definition) is 1. The predicted octanol–water partition coefficient (Wildman–Crippen LogP) is 4.99. The zero-order valence-corrected chi connectivity index (χ0v) is 13.0. The lowest BCUT2D eigenvalue weighted by atomic mass is 9.69. The van der Waals surface area contributed by atoms with Gasteiger partial charge in [0.2, 0.25) is 0 Å². The summed E-state index contributed by atoms with van der Waals surface area (Å²) in [5, 5.41) is 0. The van der Waals surface area contributed by atoms with Gasteiger partial charge in [-0.25, -0.2) is 0 Å². The average Bonchev–Trinajstić information content (AvgIpc) is 2.43. The van der Waals surface area contributed by atoms with E-state index >= 15 is 0 Å². The molecular formula is C17H35N. The number of hydrogen-bond acceptors (Lipinski definition) is 1. The van der Waals surface area contributed by atoms with E-state index in [2.05, 4.69) is 20.8 Å². The molecule has 0 bridgehead atoms. The third-order valence-corrected chi connectivity index (χ3v) is 5.31. The monoisotopic (exact) mass is 253 g/mol. The predicted molar refractivity (Wildman–Crippen MR) is 81.6 cm³/mol. The lowest BCUT2D eigenvalue weighted by molar-refractivity contribution is 0.147. The zero-order chi connectivity index (χ0) is 13.4. The Bertz CT molecular complexity index is 202. The van der Waals surface area contributed by atoms with Gasteiger partial charge in [-0.2, -0.15) is 0 Å². The largest absolute Gasteiger partial charge is 0.330 e. The lowest BCUT2D eigenvalue weighted by Crippen LogP contribution is -2.31. The van der Waals surface area contributed by atoms with Crippen LogP contribution in [-0.4, -0.2) is 6.54 Å². The van der Waals surface area contributed by atoms with E-state index in [0.29, 0.717) is 0 Å². The Balaban J connectivity index is 2.47. The lowest BCUT2D eigenvalue weighted by Gasteiger charge is -2.37. The van der Waals surface area contributed by atoms with Crippen molar-refractivity contribution >= 4 is 0 Å². The minimum atomic E-state index is 0.823. The van der Waals surface area contributed by atoms with Crippen LogP contribution in [0.25, 0.3) is 0 Å². The highest BCUT2D eigenvalue weighted by atomic mass is 14.6. The fourth-order valence-corrected chi connectivity index (χ4v) is 3.80. The topological polar surface area (TPSA) is 26.0 Å². The summed E-state index contributed by atoms with van der Waals surface area (Å²) in [7, 11) is 0. The van der Waals surface area contributed by atoms with Crippen LogP contribution in [0.1, 0.15) is 78.6 Å². The molecule has 18 heavy (non-hydrogen) atoms. The van der Waals surface area contributed by atoms with Crippen LogP contribution < -0.4 is 5.73 Å². The van der Waals surface area contributed by atoms with Gasteiger partial charge in [-0.3, -0.25) is 0 Å². The minimum absolute atomic E-state index is 0.823. The number of unbranched alkanes of at least 4 members (excludes halogenated alkanes) is 1. The molecule has 4 atom stereocenters. The summed E-state index contributed by atoms with van der Waals surface area (Å²) in [5.74, 6) is 3.69.